The normalized spacial score (nSPS) is 10.6. The van der Waals surface area contributed by atoms with Gasteiger partial charge in [0.15, 0.2) is 29.0 Å². The average molecular weight is 318 g/mol. The number of halogens is 5. The maximum Gasteiger partial charge on any atom is 0.204 e. The molecule has 2 nitrogen and oxygen atoms in total. The maximum absolute atomic E-state index is 13.7. The van der Waals surface area contributed by atoms with E-state index in [1.807, 2.05) is 0 Å². The number of hydrogen-bond donors (Lipinski definition) is 0. The SMILES string of the molecule is CCOc1ccc(OCc2cc(F)c(F)c(F)c2)c(F)c1F. The molecule has 0 N–H and O–H groups in total. The van der Waals surface area contributed by atoms with Gasteiger partial charge in [-0.05, 0) is 36.8 Å². The molecule has 0 saturated heterocycles. The van der Waals surface area contributed by atoms with Crippen LogP contribution < -0.4 is 9.47 Å². The largest absolute Gasteiger partial charge is 0.491 e. The fraction of sp³-hybridized carbons (Fsp3) is 0.200. The van der Waals surface area contributed by atoms with Crippen LogP contribution in [0.1, 0.15) is 12.5 Å². The quantitative estimate of drug-likeness (QED) is 0.602. The van der Waals surface area contributed by atoms with Gasteiger partial charge in [0.1, 0.15) is 6.61 Å². The molecule has 0 heterocycles. The molecule has 22 heavy (non-hydrogen) atoms. The summed E-state index contributed by atoms with van der Waals surface area (Å²) in [5, 5.41) is 0. The molecule has 0 aliphatic carbocycles. The van der Waals surface area contributed by atoms with Crippen molar-refractivity contribution in [2.24, 2.45) is 0 Å². The van der Waals surface area contributed by atoms with Crippen molar-refractivity contribution < 1.29 is 31.4 Å². The minimum atomic E-state index is -1.61. The molecule has 0 bridgehead atoms. The monoisotopic (exact) mass is 318 g/mol. The maximum atomic E-state index is 13.7. The Hall–Kier alpha value is -2.31. The molecule has 0 amide bonds. The van der Waals surface area contributed by atoms with Gasteiger partial charge < -0.3 is 9.47 Å². The first kappa shape index (κ1) is 16.1. The summed E-state index contributed by atoms with van der Waals surface area (Å²) in [4.78, 5) is 0. The lowest BCUT2D eigenvalue weighted by molar-refractivity contribution is 0.273. The van der Waals surface area contributed by atoms with E-state index in [1.165, 1.54) is 6.07 Å². The first-order valence-electron chi connectivity index (χ1n) is 6.31. The lowest BCUT2D eigenvalue weighted by Crippen LogP contribution is -2.03. The molecule has 0 fully saturated rings. The molecule has 0 radical (unpaired) electrons. The summed E-state index contributed by atoms with van der Waals surface area (Å²) in [6, 6.07) is 3.71. The van der Waals surface area contributed by atoms with Gasteiger partial charge in [-0.1, -0.05) is 0 Å². The van der Waals surface area contributed by atoms with E-state index in [9.17, 15) is 22.0 Å². The molecule has 0 saturated carbocycles. The van der Waals surface area contributed by atoms with Crippen LogP contribution in [0.5, 0.6) is 11.5 Å². The van der Waals surface area contributed by atoms with Crippen LogP contribution >= 0.6 is 0 Å². The summed E-state index contributed by atoms with van der Waals surface area (Å²) in [6.45, 7) is 1.31. The van der Waals surface area contributed by atoms with Crippen molar-refractivity contribution in [3.8, 4) is 11.5 Å². The fourth-order valence-electron chi connectivity index (χ4n) is 1.74. The zero-order valence-corrected chi connectivity index (χ0v) is 11.4. The summed E-state index contributed by atoms with van der Waals surface area (Å²) in [5.41, 5.74) is -0.0647. The van der Waals surface area contributed by atoms with Crippen LogP contribution in [0.2, 0.25) is 0 Å². The summed E-state index contributed by atoms with van der Waals surface area (Å²) in [7, 11) is 0. The van der Waals surface area contributed by atoms with Crippen LogP contribution in [0.4, 0.5) is 22.0 Å². The molecule has 2 aromatic rings. The highest BCUT2D eigenvalue weighted by Gasteiger charge is 2.16. The van der Waals surface area contributed by atoms with E-state index in [-0.39, 0.29) is 17.9 Å². The molecule has 118 valence electrons. The highest BCUT2D eigenvalue weighted by atomic mass is 19.2. The van der Waals surface area contributed by atoms with Gasteiger partial charge in [0.2, 0.25) is 11.6 Å². The Balaban J connectivity index is 2.17. The van der Waals surface area contributed by atoms with Gasteiger partial charge >= 0.3 is 0 Å². The van der Waals surface area contributed by atoms with Crippen LogP contribution in [-0.4, -0.2) is 6.61 Å². The molecule has 0 unspecified atom stereocenters. The first-order valence-corrected chi connectivity index (χ1v) is 6.31. The highest BCUT2D eigenvalue weighted by Crippen LogP contribution is 2.28. The van der Waals surface area contributed by atoms with Crippen molar-refractivity contribution >= 4 is 0 Å². The topological polar surface area (TPSA) is 18.5 Å². The van der Waals surface area contributed by atoms with Gasteiger partial charge in [-0.15, -0.1) is 0 Å². The zero-order chi connectivity index (χ0) is 16.3. The molecule has 0 atom stereocenters. The van der Waals surface area contributed by atoms with Crippen LogP contribution in [-0.2, 0) is 6.61 Å². The summed E-state index contributed by atoms with van der Waals surface area (Å²) in [5.74, 6) is -7.63. The third-order valence-electron chi connectivity index (χ3n) is 2.75. The third kappa shape index (κ3) is 3.29. The van der Waals surface area contributed by atoms with Gasteiger partial charge in [-0.25, -0.2) is 13.2 Å². The Labute approximate surface area is 123 Å². The van der Waals surface area contributed by atoms with Crippen molar-refractivity contribution in [2.75, 3.05) is 6.61 Å². The van der Waals surface area contributed by atoms with E-state index in [2.05, 4.69) is 0 Å². The van der Waals surface area contributed by atoms with Gasteiger partial charge in [0, 0.05) is 0 Å². The second kappa shape index (κ2) is 6.64. The van der Waals surface area contributed by atoms with E-state index >= 15 is 0 Å². The highest BCUT2D eigenvalue weighted by molar-refractivity contribution is 5.35. The zero-order valence-electron chi connectivity index (χ0n) is 11.4. The minimum absolute atomic E-state index is 0.0647. The predicted octanol–water partition coefficient (Wildman–Crippen LogP) is 4.36. The molecule has 7 heteroatoms. The summed E-state index contributed by atoms with van der Waals surface area (Å²) in [6.07, 6.45) is 0. The number of hydrogen-bond acceptors (Lipinski definition) is 2. The van der Waals surface area contributed by atoms with Gasteiger partial charge in [-0.3, -0.25) is 0 Å². The van der Waals surface area contributed by atoms with Crippen molar-refractivity contribution in [1.82, 2.24) is 0 Å². The van der Waals surface area contributed by atoms with Gasteiger partial charge in [-0.2, -0.15) is 8.78 Å². The second-order valence-corrected chi connectivity index (χ2v) is 4.28. The second-order valence-electron chi connectivity index (χ2n) is 4.28. The smallest absolute Gasteiger partial charge is 0.204 e. The Morgan fingerprint density at radius 1 is 0.773 bits per heavy atom. The lowest BCUT2D eigenvalue weighted by atomic mass is 10.2. The van der Waals surface area contributed by atoms with E-state index in [4.69, 9.17) is 9.47 Å². The molecular formula is C15H11F5O2. The van der Waals surface area contributed by atoms with Crippen molar-refractivity contribution in [2.45, 2.75) is 13.5 Å². The lowest BCUT2D eigenvalue weighted by Gasteiger charge is -2.11. The minimum Gasteiger partial charge on any atom is -0.491 e. The Kier molecular flexibility index (Phi) is 4.85. The van der Waals surface area contributed by atoms with Gasteiger partial charge in [0.25, 0.3) is 0 Å². The molecule has 0 aliphatic heterocycles. The number of benzene rings is 2. The van der Waals surface area contributed by atoms with Crippen LogP contribution in [0.15, 0.2) is 24.3 Å². The van der Waals surface area contributed by atoms with Crippen molar-refractivity contribution in [3.05, 3.63) is 58.9 Å². The summed E-state index contributed by atoms with van der Waals surface area (Å²) < 4.78 is 76.0. The fourth-order valence-corrected chi connectivity index (χ4v) is 1.74. The number of rotatable bonds is 5. The standard InChI is InChI=1S/C15H11F5O2/c1-2-21-11-3-4-12(15(20)14(11)19)22-7-8-5-9(16)13(18)10(17)6-8/h3-6H,2,7H2,1H3. The molecular weight excluding hydrogens is 307 g/mol. The van der Waals surface area contributed by atoms with E-state index in [0.29, 0.717) is 12.1 Å². The molecule has 2 aromatic carbocycles. The first-order chi connectivity index (χ1) is 10.4. The van der Waals surface area contributed by atoms with E-state index in [0.717, 1.165) is 6.07 Å². The molecule has 0 aromatic heterocycles. The van der Waals surface area contributed by atoms with Gasteiger partial charge in [0.05, 0.1) is 6.61 Å². The van der Waals surface area contributed by atoms with Crippen molar-refractivity contribution in [3.63, 3.8) is 0 Å². The average Bonchev–Trinajstić information content (AvgIpc) is 2.49. The van der Waals surface area contributed by atoms with Crippen LogP contribution in [0.3, 0.4) is 0 Å². The molecule has 0 aliphatic rings. The number of ether oxygens (including phenoxy) is 2. The predicted molar refractivity (Wildman–Crippen MR) is 68.2 cm³/mol. The Morgan fingerprint density at radius 3 is 1.77 bits per heavy atom. The molecule has 0 spiro atoms. The third-order valence-corrected chi connectivity index (χ3v) is 2.75. The Morgan fingerprint density at radius 2 is 1.27 bits per heavy atom. The summed E-state index contributed by atoms with van der Waals surface area (Å²) >= 11 is 0. The Bertz CT molecular complexity index is 665. The van der Waals surface area contributed by atoms with E-state index in [1.54, 1.807) is 6.92 Å². The molecule has 2 rings (SSSR count). The van der Waals surface area contributed by atoms with E-state index < -0.39 is 41.4 Å². The van der Waals surface area contributed by atoms with Crippen LogP contribution in [0.25, 0.3) is 0 Å². The van der Waals surface area contributed by atoms with Crippen LogP contribution in [0, 0.1) is 29.1 Å². The van der Waals surface area contributed by atoms with Crippen molar-refractivity contribution in [1.29, 1.82) is 0 Å².